The number of nitrogens with zero attached hydrogens (tertiary/aromatic N) is 3. The molecular weight excluding hydrogens is 355 g/mol. The molecule has 3 aromatic rings. The second-order valence-corrected chi connectivity index (χ2v) is 6.33. The molecule has 0 aliphatic carbocycles. The van der Waals surface area contributed by atoms with Gasteiger partial charge in [0.05, 0.1) is 0 Å². The first kappa shape index (κ1) is 17.9. The van der Waals surface area contributed by atoms with Crippen molar-refractivity contribution in [2.75, 3.05) is 12.4 Å². The molecule has 0 bridgehead atoms. The molecule has 0 spiro atoms. The number of halogens is 2. The number of urea groups is 1. The summed E-state index contributed by atoms with van der Waals surface area (Å²) in [6, 6.07) is 12.2. The van der Waals surface area contributed by atoms with E-state index in [1.54, 1.807) is 30.3 Å². The zero-order valence-electron chi connectivity index (χ0n) is 14.4. The molecule has 5 nitrogen and oxygen atoms in total. The summed E-state index contributed by atoms with van der Waals surface area (Å²) in [5.74, 6) is 0.354. The highest BCUT2D eigenvalue weighted by molar-refractivity contribution is 6.30. The number of anilines is 1. The highest BCUT2D eigenvalue weighted by Crippen LogP contribution is 2.28. The predicted molar refractivity (Wildman–Crippen MR) is 99.7 cm³/mol. The van der Waals surface area contributed by atoms with Crippen molar-refractivity contribution in [2.45, 2.75) is 6.04 Å². The fourth-order valence-electron chi connectivity index (χ4n) is 2.69. The second-order valence-electron chi connectivity index (χ2n) is 5.90. The number of carbonyl (C=O) groups is 1. The minimum absolute atomic E-state index is 0.334. The van der Waals surface area contributed by atoms with Crippen molar-refractivity contribution in [3.8, 4) is 0 Å². The van der Waals surface area contributed by atoms with Crippen LogP contribution in [0.25, 0.3) is 0 Å². The van der Waals surface area contributed by atoms with Crippen LogP contribution < -0.4 is 5.32 Å². The van der Waals surface area contributed by atoms with Crippen molar-refractivity contribution in [1.82, 2.24) is 14.5 Å². The number of carbonyl (C=O) groups excluding carboxylic acids is 1. The maximum Gasteiger partial charge on any atom is 0.322 e. The number of benzene rings is 2. The molecule has 0 radical (unpaired) electrons. The molecule has 2 aromatic carbocycles. The number of rotatable bonds is 4. The Morgan fingerprint density at radius 1 is 1.19 bits per heavy atom. The summed E-state index contributed by atoms with van der Waals surface area (Å²) in [6.07, 6.45) is 3.51. The Balaban J connectivity index is 1.90. The molecule has 0 fully saturated rings. The summed E-state index contributed by atoms with van der Waals surface area (Å²) in [4.78, 5) is 18.7. The Kier molecular flexibility index (Phi) is 5.23. The van der Waals surface area contributed by atoms with E-state index in [-0.39, 0.29) is 11.8 Å². The quantitative estimate of drug-likeness (QED) is 0.734. The molecule has 1 unspecified atom stereocenters. The second kappa shape index (κ2) is 7.58. The van der Waals surface area contributed by atoms with Gasteiger partial charge in [0.1, 0.15) is 17.7 Å². The van der Waals surface area contributed by atoms with E-state index < -0.39 is 6.04 Å². The van der Waals surface area contributed by atoms with Crippen molar-refractivity contribution in [2.24, 2.45) is 7.05 Å². The fraction of sp³-hybridized carbons (Fsp3) is 0.158. The summed E-state index contributed by atoms with van der Waals surface area (Å²) in [5.41, 5.74) is 1.39. The lowest BCUT2D eigenvalue weighted by atomic mass is 10.1. The number of nitrogens with one attached hydrogen (secondary N) is 1. The van der Waals surface area contributed by atoms with Crippen LogP contribution in [-0.4, -0.2) is 27.5 Å². The molecule has 1 heterocycles. The number of aromatic nitrogens is 2. The minimum atomic E-state index is -0.410. The van der Waals surface area contributed by atoms with Crippen molar-refractivity contribution in [3.05, 3.63) is 83.2 Å². The first-order chi connectivity index (χ1) is 12.5. The minimum Gasteiger partial charge on any atom is -0.336 e. The smallest absolute Gasteiger partial charge is 0.322 e. The lowest BCUT2D eigenvalue weighted by Crippen LogP contribution is -2.36. The Hall–Kier alpha value is -2.86. The van der Waals surface area contributed by atoms with Gasteiger partial charge in [0.25, 0.3) is 0 Å². The Bertz CT molecular complexity index is 893. The topological polar surface area (TPSA) is 50.2 Å². The Morgan fingerprint density at radius 2 is 1.85 bits per heavy atom. The van der Waals surface area contributed by atoms with Crippen LogP contribution in [0.1, 0.15) is 17.4 Å². The van der Waals surface area contributed by atoms with Crippen LogP contribution in [0.2, 0.25) is 5.02 Å². The third-order valence-corrected chi connectivity index (χ3v) is 4.34. The van der Waals surface area contributed by atoms with Gasteiger partial charge in [0.15, 0.2) is 0 Å². The molecule has 1 atom stereocenters. The average Bonchev–Trinajstić information content (AvgIpc) is 3.04. The van der Waals surface area contributed by atoms with Crippen LogP contribution in [0.3, 0.4) is 0 Å². The Labute approximate surface area is 156 Å². The molecule has 2 amide bonds. The lowest BCUT2D eigenvalue weighted by molar-refractivity contribution is 0.209. The lowest BCUT2D eigenvalue weighted by Gasteiger charge is -2.28. The molecule has 26 heavy (non-hydrogen) atoms. The fourth-order valence-corrected chi connectivity index (χ4v) is 2.82. The molecule has 0 aliphatic rings. The first-order valence-corrected chi connectivity index (χ1v) is 8.35. The number of aryl methyl sites for hydroxylation is 1. The molecule has 3 rings (SSSR count). The van der Waals surface area contributed by atoms with E-state index >= 15 is 0 Å². The Morgan fingerprint density at radius 3 is 2.42 bits per heavy atom. The molecule has 0 saturated heterocycles. The zero-order chi connectivity index (χ0) is 18.7. The standard InChI is InChI=1S/C19H18ClFN4O/c1-24-12-11-22-18(24)17(13-3-5-14(20)6-4-13)25(2)19(26)23-16-9-7-15(21)8-10-16/h3-12,17H,1-2H3,(H,23,26). The molecule has 134 valence electrons. The van der Waals surface area contributed by atoms with Crippen molar-refractivity contribution in [3.63, 3.8) is 0 Å². The van der Waals surface area contributed by atoms with Gasteiger partial charge < -0.3 is 14.8 Å². The van der Waals surface area contributed by atoms with E-state index in [0.717, 1.165) is 5.56 Å². The average molecular weight is 373 g/mol. The van der Waals surface area contributed by atoms with Crippen molar-refractivity contribution < 1.29 is 9.18 Å². The summed E-state index contributed by atoms with van der Waals surface area (Å²) < 4.78 is 14.9. The van der Waals surface area contributed by atoms with Gasteiger partial charge in [-0.2, -0.15) is 0 Å². The van der Waals surface area contributed by atoms with Gasteiger partial charge in [-0.3, -0.25) is 0 Å². The van der Waals surface area contributed by atoms with Crippen LogP contribution in [-0.2, 0) is 7.05 Å². The summed E-state index contributed by atoms with van der Waals surface area (Å²) in [7, 11) is 3.56. The van der Waals surface area contributed by atoms with Gasteiger partial charge in [-0.05, 0) is 42.0 Å². The van der Waals surface area contributed by atoms with E-state index in [0.29, 0.717) is 16.5 Å². The number of imidazole rings is 1. The van der Waals surface area contributed by atoms with E-state index in [1.165, 1.54) is 24.3 Å². The molecule has 0 aliphatic heterocycles. The first-order valence-electron chi connectivity index (χ1n) is 7.98. The summed E-state index contributed by atoms with van der Waals surface area (Å²) in [6.45, 7) is 0. The monoisotopic (exact) mass is 372 g/mol. The van der Waals surface area contributed by atoms with E-state index in [2.05, 4.69) is 10.3 Å². The van der Waals surface area contributed by atoms with Gasteiger partial charge >= 0.3 is 6.03 Å². The molecule has 7 heteroatoms. The zero-order valence-corrected chi connectivity index (χ0v) is 15.1. The van der Waals surface area contributed by atoms with Crippen LogP contribution in [0.5, 0.6) is 0 Å². The van der Waals surface area contributed by atoms with Gasteiger partial charge in [-0.15, -0.1) is 0 Å². The van der Waals surface area contributed by atoms with Crippen LogP contribution in [0.4, 0.5) is 14.9 Å². The molecule has 1 N–H and O–H groups in total. The number of hydrogen-bond acceptors (Lipinski definition) is 2. The molecular formula is C19H18ClFN4O. The molecule has 1 aromatic heterocycles. The van der Waals surface area contributed by atoms with E-state index in [1.807, 2.05) is 29.9 Å². The van der Waals surface area contributed by atoms with Gasteiger partial charge in [-0.1, -0.05) is 23.7 Å². The van der Waals surface area contributed by atoms with E-state index in [4.69, 9.17) is 11.6 Å². The number of hydrogen-bond donors (Lipinski definition) is 1. The summed E-state index contributed by atoms with van der Waals surface area (Å²) in [5, 5.41) is 3.39. The van der Waals surface area contributed by atoms with Crippen LogP contribution in [0, 0.1) is 5.82 Å². The van der Waals surface area contributed by atoms with Gasteiger partial charge in [0.2, 0.25) is 0 Å². The van der Waals surface area contributed by atoms with Crippen molar-refractivity contribution in [1.29, 1.82) is 0 Å². The SMILES string of the molecule is CN(C(=O)Nc1ccc(F)cc1)C(c1ccc(Cl)cc1)c1nccn1C. The maximum absolute atomic E-state index is 13.1. The highest BCUT2D eigenvalue weighted by atomic mass is 35.5. The number of amides is 2. The van der Waals surface area contributed by atoms with Crippen LogP contribution in [0.15, 0.2) is 60.9 Å². The largest absolute Gasteiger partial charge is 0.336 e. The molecule has 0 saturated carbocycles. The predicted octanol–water partition coefficient (Wildman–Crippen LogP) is 4.47. The van der Waals surface area contributed by atoms with Gasteiger partial charge in [0, 0.05) is 37.2 Å². The van der Waals surface area contributed by atoms with Crippen LogP contribution >= 0.6 is 11.6 Å². The van der Waals surface area contributed by atoms with Crippen molar-refractivity contribution >= 4 is 23.3 Å². The van der Waals surface area contributed by atoms with Gasteiger partial charge in [-0.25, -0.2) is 14.2 Å². The maximum atomic E-state index is 13.1. The van der Waals surface area contributed by atoms with E-state index in [9.17, 15) is 9.18 Å². The highest BCUT2D eigenvalue weighted by Gasteiger charge is 2.26. The summed E-state index contributed by atoms with van der Waals surface area (Å²) >= 11 is 5.99. The third kappa shape index (κ3) is 3.86. The normalized spacial score (nSPS) is 11.8. The third-order valence-electron chi connectivity index (χ3n) is 4.09.